The lowest BCUT2D eigenvalue weighted by Gasteiger charge is -2.25. The van der Waals surface area contributed by atoms with Crippen LogP contribution in [-0.2, 0) is 4.79 Å². The molecule has 8 nitrogen and oxygen atoms in total. The van der Waals surface area contributed by atoms with Crippen molar-refractivity contribution in [3.05, 3.63) is 24.3 Å². The van der Waals surface area contributed by atoms with Gasteiger partial charge in [-0.2, -0.15) is 5.11 Å². The quantitative estimate of drug-likeness (QED) is 0.822. The standard InChI is InChI=1S/C14H18N4O4/c19-12-7-8-13(20)18(12)22-14(21)9-17-11-6-4-2-1-3-5-10(11)15-16-17/h1-2,7-8,10-11,19-20H,3-6,9H2/b2-1+. The molecule has 0 saturated heterocycles. The molecule has 0 saturated carbocycles. The van der Waals surface area contributed by atoms with E-state index in [-0.39, 0.29) is 30.4 Å². The van der Waals surface area contributed by atoms with E-state index in [0.717, 1.165) is 25.7 Å². The molecule has 1 aliphatic heterocycles. The lowest BCUT2D eigenvalue weighted by molar-refractivity contribution is -0.147. The maximum Gasteiger partial charge on any atom is 0.354 e. The smallest absolute Gasteiger partial charge is 0.354 e. The molecule has 2 atom stereocenters. The van der Waals surface area contributed by atoms with Crippen molar-refractivity contribution in [2.24, 2.45) is 10.3 Å². The number of hydrogen-bond acceptors (Lipinski definition) is 7. The molecule has 0 aromatic carbocycles. The summed E-state index contributed by atoms with van der Waals surface area (Å²) in [7, 11) is 0. The first kappa shape index (κ1) is 14.4. The van der Waals surface area contributed by atoms with Crippen molar-refractivity contribution in [3.63, 3.8) is 0 Å². The summed E-state index contributed by atoms with van der Waals surface area (Å²) in [4.78, 5) is 16.9. The first-order chi connectivity index (χ1) is 10.6. The summed E-state index contributed by atoms with van der Waals surface area (Å²) in [6.45, 7) is -0.0779. The molecular formula is C14H18N4O4. The number of aromatic hydroxyl groups is 2. The van der Waals surface area contributed by atoms with Gasteiger partial charge in [0.25, 0.3) is 0 Å². The monoisotopic (exact) mass is 306 g/mol. The molecule has 2 N–H and O–H groups in total. The van der Waals surface area contributed by atoms with E-state index < -0.39 is 5.97 Å². The van der Waals surface area contributed by atoms with E-state index in [4.69, 9.17) is 4.84 Å². The number of carbonyl (C=O) groups is 1. The molecule has 0 spiro atoms. The fourth-order valence-corrected chi connectivity index (χ4v) is 2.74. The van der Waals surface area contributed by atoms with Gasteiger partial charge in [-0.3, -0.25) is 5.01 Å². The van der Waals surface area contributed by atoms with Crippen molar-refractivity contribution < 1.29 is 19.8 Å². The van der Waals surface area contributed by atoms with Gasteiger partial charge in [-0.05, 0) is 25.7 Å². The lowest BCUT2D eigenvalue weighted by Crippen LogP contribution is -2.40. The Morgan fingerprint density at radius 1 is 1.23 bits per heavy atom. The van der Waals surface area contributed by atoms with Crippen LogP contribution in [-0.4, -0.2) is 44.6 Å². The molecule has 0 radical (unpaired) electrons. The molecule has 22 heavy (non-hydrogen) atoms. The van der Waals surface area contributed by atoms with Crippen molar-refractivity contribution >= 4 is 5.97 Å². The highest BCUT2D eigenvalue weighted by molar-refractivity contribution is 5.72. The van der Waals surface area contributed by atoms with Gasteiger partial charge in [0.05, 0.1) is 12.1 Å². The molecule has 2 heterocycles. The van der Waals surface area contributed by atoms with Crippen LogP contribution in [0.5, 0.6) is 11.8 Å². The number of aromatic nitrogens is 1. The topological polar surface area (TPSA) is 99.7 Å². The molecular weight excluding hydrogens is 288 g/mol. The van der Waals surface area contributed by atoms with E-state index >= 15 is 0 Å². The average Bonchev–Trinajstić information content (AvgIpc) is 2.96. The average molecular weight is 306 g/mol. The number of nitrogens with zero attached hydrogens (tertiary/aromatic N) is 4. The number of fused-ring (bicyclic) bond motifs is 1. The Morgan fingerprint density at radius 3 is 2.64 bits per heavy atom. The van der Waals surface area contributed by atoms with Crippen LogP contribution in [0.1, 0.15) is 25.7 Å². The predicted molar refractivity (Wildman–Crippen MR) is 76.1 cm³/mol. The van der Waals surface area contributed by atoms with Crippen LogP contribution < -0.4 is 4.84 Å². The second-order valence-corrected chi connectivity index (χ2v) is 5.37. The molecule has 3 rings (SSSR count). The van der Waals surface area contributed by atoms with Crippen molar-refractivity contribution in [2.75, 3.05) is 6.54 Å². The zero-order chi connectivity index (χ0) is 15.5. The zero-order valence-corrected chi connectivity index (χ0v) is 12.0. The molecule has 1 aromatic heterocycles. The molecule has 8 heteroatoms. The van der Waals surface area contributed by atoms with Gasteiger partial charge in [0, 0.05) is 12.1 Å². The summed E-state index contributed by atoms with van der Waals surface area (Å²) in [6, 6.07) is 2.65. The van der Waals surface area contributed by atoms with E-state index in [2.05, 4.69) is 22.5 Å². The van der Waals surface area contributed by atoms with Crippen LogP contribution in [0.4, 0.5) is 0 Å². The van der Waals surface area contributed by atoms with Crippen LogP contribution in [0.2, 0.25) is 0 Å². The summed E-state index contributed by atoms with van der Waals surface area (Å²) in [5.41, 5.74) is 0. The highest BCUT2D eigenvalue weighted by atomic mass is 16.7. The molecule has 0 bridgehead atoms. The van der Waals surface area contributed by atoms with Gasteiger partial charge in [-0.15, -0.1) is 4.73 Å². The fourth-order valence-electron chi connectivity index (χ4n) is 2.74. The zero-order valence-electron chi connectivity index (χ0n) is 12.0. The Morgan fingerprint density at radius 2 is 1.91 bits per heavy atom. The van der Waals surface area contributed by atoms with E-state index in [1.54, 1.807) is 5.01 Å². The van der Waals surface area contributed by atoms with E-state index in [1.807, 2.05) is 0 Å². The predicted octanol–water partition coefficient (Wildman–Crippen LogP) is 1.40. The SMILES string of the molecule is O=C(CN1N=NC2CC/C=C/CCC21)On1c(O)ccc1O. The third kappa shape index (κ3) is 2.90. The largest absolute Gasteiger partial charge is 0.492 e. The second kappa shape index (κ2) is 6.08. The lowest BCUT2D eigenvalue weighted by atomic mass is 9.96. The number of allylic oxidation sites excluding steroid dienone is 2. The summed E-state index contributed by atoms with van der Waals surface area (Å²) < 4.78 is 0.675. The van der Waals surface area contributed by atoms with Gasteiger partial charge in [-0.25, -0.2) is 4.79 Å². The normalized spacial score (nSPS) is 25.4. The summed E-state index contributed by atoms with van der Waals surface area (Å²) in [5, 5.41) is 28.9. The molecule has 118 valence electrons. The van der Waals surface area contributed by atoms with Crippen molar-refractivity contribution in [2.45, 2.75) is 37.8 Å². The molecule has 0 fully saturated rings. The molecule has 2 aliphatic rings. The van der Waals surface area contributed by atoms with Crippen molar-refractivity contribution in [1.82, 2.24) is 9.74 Å². The first-order valence-electron chi connectivity index (χ1n) is 7.28. The second-order valence-electron chi connectivity index (χ2n) is 5.37. The molecule has 2 unspecified atom stereocenters. The number of hydrogen-bond donors (Lipinski definition) is 2. The van der Waals surface area contributed by atoms with Crippen molar-refractivity contribution in [3.8, 4) is 11.8 Å². The Kier molecular flexibility index (Phi) is 3.99. The number of carbonyl (C=O) groups excluding carboxylic acids is 1. The van der Waals surface area contributed by atoms with Gasteiger partial charge in [0.2, 0.25) is 11.8 Å². The molecule has 1 aromatic rings. The minimum Gasteiger partial charge on any atom is -0.492 e. The first-order valence-corrected chi connectivity index (χ1v) is 7.28. The maximum absolute atomic E-state index is 12.0. The van der Waals surface area contributed by atoms with Crippen LogP contribution in [0, 0.1) is 0 Å². The Bertz CT molecular complexity index is 590. The van der Waals surface area contributed by atoms with E-state index in [9.17, 15) is 15.0 Å². The Labute approximate surface area is 127 Å². The van der Waals surface area contributed by atoms with Crippen LogP contribution in [0.3, 0.4) is 0 Å². The van der Waals surface area contributed by atoms with Gasteiger partial charge in [0.15, 0.2) is 0 Å². The molecule has 1 aliphatic carbocycles. The van der Waals surface area contributed by atoms with Gasteiger partial charge >= 0.3 is 5.97 Å². The van der Waals surface area contributed by atoms with Crippen LogP contribution >= 0.6 is 0 Å². The van der Waals surface area contributed by atoms with E-state index in [0.29, 0.717) is 4.73 Å². The van der Waals surface area contributed by atoms with Gasteiger partial charge < -0.3 is 15.1 Å². The van der Waals surface area contributed by atoms with Crippen molar-refractivity contribution in [1.29, 1.82) is 0 Å². The third-order valence-electron chi connectivity index (χ3n) is 3.85. The van der Waals surface area contributed by atoms with Gasteiger partial charge in [-0.1, -0.05) is 17.4 Å². The van der Waals surface area contributed by atoms with E-state index in [1.165, 1.54) is 12.1 Å². The Balaban J connectivity index is 1.62. The maximum atomic E-state index is 12.0. The van der Waals surface area contributed by atoms with Gasteiger partial charge in [0.1, 0.15) is 6.54 Å². The van der Waals surface area contributed by atoms with Crippen LogP contribution in [0.15, 0.2) is 34.6 Å². The highest BCUT2D eigenvalue weighted by Gasteiger charge is 2.33. The minimum atomic E-state index is -0.626. The molecule has 0 amide bonds. The Hall–Kier alpha value is -2.51. The highest BCUT2D eigenvalue weighted by Crippen LogP contribution is 2.27. The summed E-state index contributed by atoms with van der Waals surface area (Å²) >= 11 is 0. The minimum absolute atomic E-state index is 0.0779. The summed E-state index contributed by atoms with van der Waals surface area (Å²) in [6.07, 6.45) is 7.97. The van der Waals surface area contributed by atoms with Crippen LogP contribution in [0.25, 0.3) is 0 Å². The number of rotatable bonds is 3. The third-order valence-corrected chi connectivity index (χ3v) is 3.85. The fraction of sp³-hybridized carbons (Fsp3) is 0.500. The summed E-state index contributed by atoms with van der Waals surface area (Å²) in [5.74, 6) is -1.32.